The highest BCUT2D eigenvalue weighted by atomic mass is 32.2. The Morgan fingerprint density at radius 3 is 2.22 bits per heavy atom. The Morgan fingerprint density at radius 1 is 0.986 bits per heavy atom. The highest BCUT2D eigenvalue weighted by Gasteiger charge is 2.52. The standard InChI is InChI=1S/C53H91N5O14S/c1-17-42-53(12,64)34(6)35(7)57(14)27-30(2)25-51(9,10)48(32(4)46(33(5)49(63)70-42)71-43-26-52(11,67-15)47(62)36(8)69-43)72-50-45(61)40(24-31(3)68-50)56(13)23-22-38-28-58(55-54-38)41(29-59)44(60)37-18-20-39(21-19-37)73(16,65)66/h18-21,28,30-36,40-48,50,59-62,64H,17,22-27,29H2,1-16H3/t30-,31-,32+,33-,34-,35-,36+,40+,41+,42-,43+,44+,45-,46+,47+,48-,50+,52-,53+/m1/s1. The van der Waals surface area contributed by atoms with E-state index >= 15 is 0 Å². The number of carbonyl (C=O) groups excluding carboxylic acids is 1. The number of methoxy groups -OCH3 is 1. The molecule has 3 aliphatic rings. The van der Waals surface area contributed by atoms with E-state index in [9.17, 15) is 38.7 Å². The van der Waals surface area contributed by atoms with Gasteiger partial charge in [0.15, 0.2) is 22.4 Å². The van der Waals surface area contributed by atoms with Gasteiger partial charge >= 0.3 is 5.97 Å². The fourth-order valence-corrected chi connectivity index (χ4v) is 12.4. The van der Waals surface area contributed by atoms with Crippen LogP contribution in [0.15, 0.2) is 35.4 Å². The zero-order chi connectivity index (χ0) is 54.7. The van der Waals surface area contributed by atoms with Crippen LogP contribution < -0.4 is 0 Å². The summed E-state index contributed by atoms with van der Waals surface area (Å²) >= 11 is 0. The molecule has 0 bridgehead atoms. The predicted molar refractivity (Wildman–Crippen MR) is 274 cm³/mol. The average molecular weight is 1050 g/mol. The molecule has 3 fully saturated rings. The third-order valence-corrected chi connectivity index (χ3v) is 17.9. The number of nitrogens with zero attached hydrogens (tertiary/aromatic N) is 5. The van der Waals surface area contributed by atoms with Gasteiger partial charge in [-0.3, -0.25) is 4.79 Å². The average Bonchev–Trinajstić information content (AvgIpc) is 3.80. The summed E-state index contributed by atoms with van der Waals surface area (Å²) < 4.78 is 64.5. The molecule has 19 atom stereocenters. The minimum absolute atomic E-state index is 0.0762. The normalized spacial score (nSPS) is 38.5. The number of ether oxygens (including phenoxy) is 6. The van der Waals surface area contributed by atoms with Crippen LogP contribution in [-0.4, -0.2) is 190 Å². The van der Waals surface area contributed by atoms with Crippen LogP contribution in [0.25, 0.3) is 0 Å². The molecule has 0 spiro atoms. The second-order valence-corrected chi connectivity index (χ2v) is 25.1. The molecule has 0 amide bonds. The van der Waals surface area contributed by atoms with Gasteiger partial charge in [0.2, 0.25) is 0 Å². The third-order valence-electron chi connectivity index (χ3n) is 16.8. The van der Waals surface area contributed by atoms with Crippen molar-refractivity contribution in [2.45, 2.75) is 211 Å². The zero-order valence-corrected chi connectivity index (χ0v) is 47.2. The molecule has 3 saturated heterocycles. The number of cyclic esters (lactones) is 1. The van der Waals surface area contributed by atoms with Gasteiger partial charge in [-0.25, -0.2) is 13.1 Å². The lowest BCUT2D eigenvalue weighted by atomic mass is 9.71. The smallest absolute Gasteiger partial charge is 0.311 e. The van der Waals surface area contributed by atoms with Gasteiger partial charge in [-0.2, -0.15) is 0 Å². The van der Waals surface area contributed by atoms with Gasteiger partial charge in [-0.1, -0.05) is 58.9 Å². The Bertz CT molecular complexity index is 2180. The summed E-state index contributed by atoms with van der Waals surface area (Å²) in [6, 6.07) is 4.45. The van der Waals surface area contributed by atoms with Crippen LogP contribution in [-0.2, 0) is 49.5 Å². The minimum Gasteiger partial charge on any atom is -0.459 e. The molecule has 19 nitrogen and oxygen atoms in total. The first-order valence-corrected chi connectivity index (χ1v) is 28.2. The Labute approximate surface area is 435 Å². The van der Waals surface area contributed by atoms with Crippen molar-refractivity contribution >= 4 is 15.8 Å². The van der Waals surface area contributed by atoms with Crippen molar-refractivity contribution < 1.29 is 67.2 Å². The first kappa shape index (κ1) is 61.2. The fourth-order valence-electron chi connectivity index (χ4n) is 11.8. The molecule has 3 aliphatic heterocycles. The van der Waals surface area contributed by atoms with Crippen LogP contribution in [0.5, 0.6) is 0 Å². The van der Waals surface area contributed by atoms with Crippen LogP contribution in [0.2, 0.25) is 0 Å². The maximum Gasteiger partial charge on any atom is 0.311 e. The number of esters is 1. The SMILES string of the molecule is CC[C@H]1OC(=O)[C@H](C)[C@@H](O[C@H]2C[C@@](C)(OC)[C@@H](O)[C@H](C)O2)[C@H](C)[C@@H](O[C@@H]2O[C@H](C)C[C@H](N(C)CCc3cn([C@@H](CO)[C@@H](O)c4ccc(S(C)(=O)=O)cc4)nn3)[C@H]2O)C(C)(C)C[C@@H](C)CN(C)[C@H](C)[C@@H](C)[C@]1(C)O. The lowest BCUT2D eigenvalue weighted by molar-refractivity contribution is -0.313. The first-order chi connectivity index (χ1) is 33.9. The van der Waals surface area contributed by atoms with E-state index in [-0.39, 0.29) is 35.3 Å². The molecule has 5 rings (SSSR count). The van der Waals surface area contributed by atoms with Crippen molar-refractivity contribution in [1.82, 2.24) is 24.8 Å². The Kier molecular flexibility index (Phi) is 20.7. The summed E-state index contributed by atoms with van der Waals surface area (Å²) in [7, 11) is 2.07. The number of hydrogen-bond donors (Lipinski definition) is 5. The van der Waals surface area contributed by atoms with E-state index in [1.165, 1.54) is 36.1 Å². The summed E-state index contributed by atoms with van der Waals surface area (Å²) in [5.74, 6) is -2.17. The molecule has 5 N–H and O–H groups in total. The molecule has 20 heteroatoms. The summed E-state index contributed by atoms with van der Waals surface area (Å²) in [6.07, 6.45) is -3.77. The van der Waals surface area contributed by atoms with Crippen LogP contribution in [0.4, 0.5) is 0 Å². The highest BCUT2D eigenvalue weighted by Crippen LogP contribution is 2.44. The van der Waals surface area contributed by atoms with E-state index in [1.54, 1.807) is 33.9 Å². The van der Waals surface area contributed by atoms with Gasteiger partial charge in [0.05, 0.1) is 53.1 Å². The van der Waals surface area contributed by atoms with Crippen molar-refractivity contribution in [2.24, 2.45) is 29.1 Å². The van der Waals surface area contributed by atoms with Crippen molar-refractivity contribution in [1.29, 1.82) is 0 Å². The number of benzene rings is 1. The maximum atomic E-state index is 14.6. The number of likely N-dealkylation sites (N-methyl/N-ethyl adjacent to an activating group) is 1. The fraction of sp³-hybridized carbons (Fsp3) is 0.830. The number of aromatic nitrogens is 3. The number of hydrogen-bond acceptors (Lipinski definition) is 18. The van der Waals surface area contributed by atoms with Crippen LogP contribution >= 0.6 is 0 Å². The van der Waals surface area contributed by atoms with Crippen molar-refractivity contribution in [3.8, 4) is 0 Å². The number of aliphatic hydroxyl groups is 5. The van der Waals surface area contributed by atoms with Gasteiger partial charge < -0.3 is 63.8 Å². The van der Waals surface area contributed by atoms with E-state index in [0.717, 1.165) is 6.26 Å². The summed E-state index contributed by atoms with van der Waals surface area (Å²) in [5, 5.41) is 65.7. The van der Waals surface area contributed by atoms with Gasteiger partial charge in [0.25, 0.3) is 0 Å². The van der Waals surface area contributed by atoms with E-state index in [2.05, 4.69) is 50.0 Å². The van der Waals surface area contributed by atoms with Crippen LogP contribution in [0.1, 0.15) is 132 Å². The van der Waals surface area contributed by atoms with Crippen molar-refractivity contribution in [3.63, 3.8) is 0 Å². The van der Waals surface area contributed by atoms with Crippen LogP contribution in [0.3, 0.4) is 0 Å². The number of carbonyl (C=O) groups is 1. The van der Waals surface area contributed by atoms with Gasteiger partial charge in [0.1, 0.15) is 36.1 Å². The monoisotopic (exact) mass is 1050 g/mol. The Hall–Kier alpha value is -2.70. The lowest BCUT2D eigenvalue weighted by Crippen LogP contribution is -2.59. The molecule has 0 radical (unpaired) electrons. The molecule has 0 saturated carbocycles. The second kappa shape index (κ2) is 24.7. The van der Waals surface area contributed by atoms with E-state index in [0.29, 0.717) is 50.0 Å². The third kappa shape index (κ3) is 14.3. The minimum atomic E-state index is -3.43. The molecule has 418 valence electrons. The topological polar surface area (TPSA) is 245 Å². The van der Waals surface area contributed by atoms with E-state index in [4.69, 9.17) is 28.4 Å². The van der Waals surface area contributed by atoms with E-state index in [1.807, 2.05) is 39.6 Å². The highest BCUT2D eigenvalue weighted by molar-refractivity contribution is 7.90. The molecule has 0 aliphatic carbocycles. The molecule has 2 aromatic rings. The molecule has 0 unspecified atom stereocenters. The number of sulfone groups is 1. The zero-order valence-electron chi connectivity index (χ0n) is 46.4. The molecule has 1 aromatic heterocycles. The number of rotatable bonds is 15. The lowest BCUT2D eigenvalue weighted by Gasteiger charge is -2.49. The van der Waals surface area contributed by atoms with Crippen molar-refractivity contribution in [3.05, 3.63) is 41.7 Å². The van der Waals surface area contributed by atoms with Gasteiger partial charge in [-0.15, -0.1) is 5.10 Å². The van der Waals surface area contributed by atoms with Crippen LogP contribution in [0, 0.1) is 29.1 Å². The second-order valence-electron chi connectivity index (χ2n) is 23.1. The summed E-state index contributed by atoms with van der Waals surface area (Å²) in [6.45, 7) is 24.1. The molecule has 1 aromatic carbocycles. The quantitative estimate of drug-likeness (QED) is 0.156. The largest absolute Gasteiger partial charge is 0.459 e. The molecule has 4 heterocycles. The Balaban J connectivity index is 1.44. The maximum absolute atomic E-state index is 14.6. The Morgan fingerprint density at radius 2 is 1.63 bits per heavy atom. The summed E-state index contributed by atoms with van der Waals surface area (Å²) in [4.78, 5) is 19.0. The molecular weight excluding hydrogens is 963 g/mol. The van der Waals surface area contributed by atoms with Gasteiger partial charge in [-0.05, 0) is 104 Å². The first-order valence-electron chi connectivity index (χ1n) is 26.3. The molecule has 73 heavy (non-hydrogen) atoms. The van der Waals surface area contributed by atoms with Gasteiger partial charge in [0, 0.05) is 69.4 Å². The number of aliphatic hydroxyl groups excluding tert-OH is 4. The summed E-state index contributed by atoms with van der Waals surface area (Å²) in [5.41, 5.74) is -2.00. The predicted octanol–water partition coefficient (Wildman–Crippen LogP) is 4.33. The molecular formula is C53H91N5O14S. The van der Waals surface area contributed by atoms with E-state index < -0.39 is 118 Å². The van der Waals surface area contributed by atoms with Crippen molar-refractivity contribution in [2.75, 3.05) is 47.2 Å².